The first-order valence-corrected chi connectivity index (χ1v) is 6.45. The Hall–Kier alpha value is -1.39. The predicted molar refractivity (Wildman–Crippen MR) is 70.6 cm³/mol. The Morgan fingerprint density at radius 2 is 2.17 bits per heavy atom. The van der Waals surface area contributed by atoms with E-state index in [0.29, 0.717) is 12.3 Å². The highest BCUT2D eigenvalue weighted by Gasteiger charge is 2.16. The SMILES string of the molecule is NC(Cc1ccc(C2CCCNC2)cc1)C(=O)O. The van der Waals surface area contributed by atoms with Gasteiger partial charge in [-0.15, -0.1) is 0 Å². The summed E-state index contributed by atoms with van der Waals surface area (Å²) in [6, 6.07) is 7.37. The Labute approximate surface area is 107 Å². The number of nitrogens with one attached hydrogen (secondary N) is 1. The minimum atomic E-state index is -0.949. The van der Waals surface area contributed by atoms with E-state index in [1.165, 1.54) is 18.4 Å². The predicted octanol–water partition coefficient (Wildman–Crippen LogP) is 1.11. The molecular weight excluding hydrogens is 228 g/mol. The Balaban J connectivity index is 1.98. The molecule has 2 rings (SSSR count). The molecule has 0 amide bonds. The van der Waals surface area contributed by atoms with E-state index >= 15 is 0 Å². The lowest BCUT2D eigenvalue weighted by Gasteiger charge is -2.23. The number of aliphatic carboxylic acids is 1. The lowest BCUT2D eigenvalue weighted by Crippen LogP contribution is -2.32. The van der Waals surface area contributed by atoms with Crippen LogP contribution in [0, 0.1) is 0 Å². The number of nitrogens with two attached hydrogens (primary N) is 1. The highest BCUT2D eigenvalue weighted by atomic mass is 16.4. The standard InChI is InChI=1S/C14H20N2O2/c15-13(14(17)18)8-10-3-5-11(6-4-10)12-2-1-7-16-9-12/h3-6,12-13,16H,1-2,7-9,15H2,(H,17,18). The van der Waals surface area contributed by atoms with Gasteiger partial charge in [-0.3, -0.25) is 4.79 Å². The molecule has 0 bridgehead atoms. The maximum Gasteiger partial charge on any atom is 0.320 e. The number of hydrogen-bond donors (Lipinski definition) is 3. The average molecular weight is 248 g/mol. The Morgan fingerprint density at radius 1 is 1.44 bits per heavy atom. The van der Waals surface area contributed by atoms with Gasteiger partial charge in [-0.2, -0.15) is 0 Å². The van der Waals surface area contributed by atoms with Crippen molar-refractivity contribution >= 4 is 5.97 Å². The number of carbonyl (C=O) groups is 1. The highest BCUT2D eigenvalue weighted by molar-refractivity contribution is 5.73. The van der Waals surface area contributed by atoms with Gasteiger partial charge < -0.3 is 16.2 Å². The molecule has 2 unspecified atom stereocenters. The zero-order valence-electron chi connectivity index (χ0n) is 10.4. The molecule has 0 radical (unpaired) electrons. The first-order valence-electron chi connectivity index (χ1n) is 6.45. The Kier molecular flexibility index (Phi) is 4.33. The summed E-state index contributed by atoms with van der Waals surface area (Å²) in [5, 5.41) is 12.2. The van der Waals surface area contributed by atoms with Crippen molar-refractivity contribution in [3.05, 3.63) is 35.4 Å². The summed E-state index contributed by atoms with van der Waals surface area (Å²) in [4.78, 5) is 10.7. The average Bonchev–Trinajstić information content (AvgIpc) is 2.40. The lowest BCUT2D eigenvalue weighted by atomic mass is 9.90. The third-order valence-electron chi connectivity index (χ3n) is 3.52. The van der Waals surface area contributed by atoms with Crippen molar-refractivity contribution in [1.29, 1.82) is 0 Å². The lowest BCUT2D eigenvalue weighted by molar-refractivity contribution is -0.138. The third-order valence-corrected chi connectivity index (χ3v) is 3.52. The van der Waals surface area contributed by atoms with E-state index < -0.39 is 12.0 Å². The van der Waals surface area contributed by atoms with E-state index in [0.717, 1.165) is 18.7 Å². The molecule has 18 heavy (non-hydrogen) atoms. The second-order valence-electron chi connectivity index (χ2n) is 4.93. The topological polar surface area (TPSA) is 75.3 Å². The number of hydrogen-bond acceptors (Lipinski definition) is 3. The number of carboxylic acids is 1. The molecule has 98 valence electrons. The van der Waals surface area contributed by atoms with Crippen LogP contribution in [0.15, 0.2) is 24.3 Å². The van der Waals surface area contributed by atoms with Crippen molar-refractivity contribution in [3.8, 4) is 0 Å². The van der Waals surface area contributed by atoms with Gasteiger partial charge in [-0.25, -0.2) is 0 Å². The van der Waals surface area contributed by atoms with Crippen LogP contribution in [0.2, 0.25) is 0 Å². The van der Waals surface area contributed by atoms with Gasteiger partial charge in [-0.1, -0.05) is 24.3 Å². The summed E-state index contributed by atoms with van der Waals surface area (Å²) in [5.74, 6) is -0.364. The van der Waals surface area contributed by atoms with Gasteiger partial charge in [0.1, 0.15) is 6.04 Å². The molecule has 0 aliphatic carbocycles. The van der Waals surface area contributed by atoms with Gasteiger partial charge in [0.25, 0.3) is 0 Å². The molecule has 4 N–H and O–H groups in total. The monoisotopic (exact) mass is 248 g/mol. The smallest absolute Gasteiger partial charge is 0.320 e. The zero-order chi connectivity index (χ0) is 13.0. The largest absolute Gasteiger partial charge is 0.480 e. The number of benzene rings is 1. The minimum Gasteiger partial charge on any atom is -0.480 e. The summed E-state index contributed by atoms with van der Waals surface area (Å²) >= 11 is 0. The molecule has 0 saturated carbocycles. The second kappa shape index (κ2) is 5.98. The Bertz CT molecular complexity index is 397. The van der Waals surface area contributed by atoms with Gasteiger partial charge in [0.15, 0.2) is 0 Å². The van der Waals surface area contributed by atoms with Crippen molar-refractivity contribution in [2.24, 2.45) is 5.73 Å². The fourth-order valence-electron chi connectivity index (χ4n) is 2.40. The quantitative estimate of drug-likeness (QED) is 0.746. The molecule has 1 fully saturated rings. The first kappa shape index (κ1) is 13.1. The van der Waals surface area contributed by atoms with Crippen LogP contribution in [0.3, 0.4) is 0 Å². The van der Waals surface area contributed by atoms with Gasteiger partial charge in [-0.05, 0) is 42.9 Å². The summed E-state index contributed by atoms with van der Waals surface area (Å²) in [6.45, 7) is 2.15. The molecule has 4 heteroatoms. The molecule has 1 aromatic rings. The van der Waals surface area contributed by atoms with Crippen molar-refractivity contribution in [2.75, 3.05) is 13.1 Å². The molecule has 1 aliphatic rings. The molecule has 0 aromatic heterocycles. The molecule has 4 nitrogen and oxygen atoms in total. The molecule has 1 heterocycles. The normalized spacial score (nSPS) is 21.5. The summed E-state index contributed by atoms with van der Waals surface area (Å²) in [5.41, 5.74) is 7.83. The van der Waals surface area contributed by atoms with E-state index in [1.54, 1.807) is 0 Å². The second-order valence-corrected chi connectivity index (χ2v) is 4.93. The van der Waals surface area contributed by atoms with Crippen molar-refractivity contribution in [1.82, 2.24) is 5.32 Å². The van der Waals surface area contributed by atoms with Crippen LogP contribution in [0.4, 0.5) is 0 Å². The van der Waals surface area contributed by atoms with Crippen LogP contribution in [0.25, 0.3) is 0 Å². The van der Waals surface area contributed by atoms with E-state index in [9.17, 15) is 4.79 Å². The van der Waals surface area contributed by atoms with Crippen molar-refractivity contribution < 1.29 is 9.90 Å². The first-order chi connectivity index (χ1) is 8.66. The highest BCUT2D eigenvalue weighted by Crippen LogP contribution is 2.23. The maximum atomic E-state index is 10.7. The van der Waals surface area contributed by atoms with Crippen molar-refractivity contribution in [2.45, 2.75) is 31.2 Å². The van der Waals surface area contributed by atoms with E-state index in [1.807, 2.05) is 12.1 Å². The van der Waals surface area contributed by atoms with Gasteiger partial charge >= 0.3 is 5.97 Å². The van der Waals surface area contributed by atoms with Crippen LogP contribution >= 0.6 is 0 Å². The Morgan fingerprint density at radius 3 is 2.72 bits per heavy atom. The maximum absolute atomic E-state index is 10.7. The number of rotatable bonds is 4. The van der Waals surface area contributed by atoms with Crippen LogP contribution in [0.1, 0.15) is 29.9 Å². The van der Waals surface area contributed by atoms with Gasteiger partial charge in [0, 0.05) is 6.54 Å². The fourth-order valence-corrected chi connectivity index (χ4v) is 2.40. The summed E-state index contributed by atoms with van der Waals surface area (Å²) < 4.78 is 0. The van der Waals surface area contributed by atoms with Crippen LogP contribution in [0.5, 0.6) is 0 Å². The summed E-state index contributed by atoms with van der Waals surface area (Å²) in [7, 11) is 0. The van der Waals surface area contributed by atoms with Crippen LogP contribution in [-0.4, -0.2) is 30.2 Å². The summed E-state index contributed by atoms with van der Waals surface area (Å²) in [6.07, 6.45) is 2.83. The van der Waals surface area contributed by atoms with Crippen LogP contribution < -0.4 is 11.1 Å². The van der Waals surface area contributed by atoms with Gasteiger partial charge in [0.2, 0.25) is 0 Å². The van der Waals surface area contributed by atoms with E-state index in [-0.39, 0.29) is 0 Å². The zero-order valence-corrected chi connectivity index (χ0v) is 10.4. The van der Waals surface area contributed by atoms with Gasteiger partial charge in [0.05, 0.1) is 0 Å². The number of carboxylic acid groups (broad SMARTS) is 1. The molecular formula is C14H20N2O2. The van der Waals surface area contributed by atoms with Crippen LogP contribution in [-0.2, 0) is 11.2 Å². The molecule has 1 aliphatic heterocycles. The minimum absolute atomic E-state index is 0.387. The number of piperidine rings is 1. The van der Waals surface area contributed by atoms with E-state index in [2.05, 4.69) is 17.4 Å². The molecule has 1 saturated heterocycles. The third kappa shape index (κ3) is 3.31. The van der Waals surface area contributed by atoms with E-state index in [4.69, 9.17) is 10.8 Å². The fraction of sp³-hybridized carbons (Fsp3) is 0.500. The molecule has 1 aromatic carbocycles. The molecule has 2 atom stereocenters. The molecule has 0 spiro atoms. The van der Waals surface area contributed by atoms with Crippen molar-refractivity contribution in [3.63, 3.8) is 0 Å².